The predicted molar refractivity (Wildman–Crippen MR) is 78.8 cm³/mol. The average Bonchev–Trinajstić information content (AvgIpc) is 2.45. The molecule has 0 saturated heterocycles. The Balaban J connectivity index is 2.22. The molecule has 0 aliphatic carbocycles. The Labute approximate surface area is 130 Å². The molecule has 2 rings (SSSR count). The summed E-state index contributed by atoms with van der Waals surface area (Å²) in [5.74, 6) is -0.331. The number of hydrogen-bond donors (Lipinski definition) is 2. The Kier molecular flexibility index (Phi) is 4.63. The number of hydrogen-bond acceptors (Lipinski definition) is 3. The highest BCUT2D eigenvalue weighted by Gasteiger charge is 2.35. The summed E-state index contributed by atoms with van der Waals surface area (Å²) in [4.78, 5) is 3.69. The first kappa shape index (κ1) is 16.6. The Hall–Kier alpha value is -1.79. The van der Waals surface area contributed by atoms with Crippen molar-refractivity contribution in [2.24, 2.45) is 0 Å². The lowest BCUT2D eigenvalue weighted by molar-refractivity contribution is -0.137. The molecule has 7 heteroatoms. The maximum atomic E-state index is 12.9. The molecule has 0 aliphatic heterocycles. The number of rotatable bonds is 4. The van der Waals surface area contributed by atoms with E-state index < -0.39 is 17.3 Å². The Bertz CT molecular complexity index is 659. The van der Waals surface area contributed by atoms with E-state index in [1.54, 1.807) is 24.3 Å². The summed E-state index contributed by atoms with van der Waals surface area (Å²) in [6, 6.07) is 8.76. The highest BCUT2D eigenvalue weighted by molar-refractivity contribution is 6.31. The van der Waals surface area contributed by atoms with Gasteiger partial charge in [-0.1, -0.05) is 29.8 Å². The summed E-state index contributed by atoms with van der Waals surface area (Å²) in [5.41, 5.74) is -1.91. The second kappa shape index (κ2) is 6.14. The van der Waals surface area contributed by atoms with E-state index in [0.29, 0.717) is 10.6 Å². The molecule has 0 saturated carbocycles. The minimum absolute atomic E-state index is 0.170. The molecule has 3 nitrogen and oxygen atoms in total. The van der Waals surface area contributed by atoms with Crippen molar-refractivity contribution in [3.8, 4) is 0 Å². The molecule has 1 aromatic carbocycles. The molecule has 1 aromatic heterocycles. The lowest BCUT2D eigenvalue weighted by Crippen LogP contribution is -2.32. The molecular formula is C15H14ClF3N2O. The zero-order valence-corrected chi connectivity index (χ0v) is 12.4. The molecule has 0 spiro atoms. The molecule has 1 heterocycles. The number of aliphatic hydroxyl groups is 1. The molecule has 0 amide bonds. The van der Waals surface area contributed by atoms with Crippen LogP contribution >= 0.6 is 11.6 Å². The van der Waals surface area contributed by atoms with Gasteiger partial charge in [0.2, 0.25) is 0 Å². The summed E-state index contributed by atoms with van der Waals surface area (Å²) in [6.07, 6.45) is -3.27. The van der Waals surface area contributed by atoms with Crippen LogP contribution in [-0.2, 0) is 11.8 Å². The Morgan fingerprint density at radius 3 is 2.41 bits per heavy atom. The van der Waals surface area contributed by atoms with Gasteiger partial charge >= 0.3 is 6.18 Å². The average molecular weight is 331 g/mol. The number of alkyl halides is 3. The molecule has 0 bridgehead atoms. The normalized spacial score (nSPS) is 14.5. The summed E-state index contributed by atoms with van der Waals surface area (Å²) < 4.78 is 38.7. The fourth-order valence-electron chi connectivity index (χ4n) is 2.02. The molecule has 1 unspecified atom stereocenters. The van der Waals surface area contributed by atoms with Gasteiger partial charge in [0, 0.05) is 23.3 Å². The standard InChI is InChI=1S/C15H14ClF3N2O/c1-14(22,10-5-2-3-7-12(10)16)9-21-13-11(15(17,18)19)6-4-8-20-13/h2-8,22H,9H2,1H3,(H,20,21). The van der Waals surface area contributed by atoms with Crippen molar-refractivity contribution in [2.45, 2.75) is 18.7 Å². The van der Waals surface area contributed by atoms with Crippen LogP contribution in [0.3, 0.4) is 0 Å². The van der Waals surface area contributed by atoms with Crippen molar-refractivity contribution in [3.63, 3.8) is 0 Å². The maximum Gasteiger partial charge on any atom is 0.419 e. The summed E-state index contributed by atoms with van der Waals surface area (Å²) in [6.45, 7) is 1.30. The number of anilines is 1. The largest absolute Gasteiger partial charge is 0.419 e. The van der Waals surface area contributed by atoms with Gasteiger partial charge in [0.05, 0.1) is 5.56 Å². The molecule has 2 N–H and O–H groups in total. The van der Waals surface area contributed by atoms with Crippen molar-refractivity contribution in [2.75, 3.05) is 11.9 Å². The zero-order valence-electron chi connectivity index (χ0n) is 11.7. The fraction of sp³-hybridized carbons (Fsp3) is 0.267. The van der Waals surface area contributed by atoms with Gasteiger partial charge in [-0.2, -0.15) is 13.2 Å². The maximum absolute atomic E-state index is 12.9. The summed E-state index contributed by atoms with van der Waals surface area (Å²) >= 11 is 6.01. The van der Waals surface area contributed by atoms with E-state index in [9.17, 15) is 18.3 Å². The van der Waals surface area contributed by atoms with Crippen molar-refractivity contribution in [1.82, 2.24) is 4.98 Å². The number of pyridine rings is 1. The van der Waals surface area contributed by atoms with Crippen molar-refractivity contribution in [1.29, 1.82) is 0 Å². The number of benzene rings is 1. The smallest absolute Gasteiger partial charge is 0.384 e. The van der Waals surface area contributed by atoms with E-state index in [4.69, 9.17) is 11.6 Å². The molecule has 0 aliphatic rings. The van der Waals surface area contributed by atoms with E-state index in [-0.39, 0.29) is 12.4 Å². The molecule has 2 aromatic rings. The first-order chi connectivity index (χ1) is 10.2. The van der Waals surface area contributed by atoms with Crippen LogP contribution in [0.1, 0.15) is 18.1 Å². The third-order valence-corrected chi connectivity index (χ3v) is 3.50. The van der Waals surface area contributed by atoms with Crippen LogP contribution < -0.4 is 5.32 Å². The monoisotopic (exact) mass is 330 g/mol. The molecule has 1 atom stereocenters. The second-order valence-corrected chi connectivity index (χ2v) is 5.41. The van der Waals surface area contributed by atoms with Gasteiger partial charge in [-0.25, -0.2) is 4.98 Å². The quantitative estimate of drug-likeness (QED) is 0.888. The third kappa shape index (κ3) is 3.69. The van der Waals surface area contributed by atoms with Gasteiger partial charge in [0.25, 0.3) is 0 Å². The van der Waals surface area contributed by atoms with Crippen molar-refractivity contribution >= 4 is 17.4 Å². The molecule has 22 heavy (non-hydrogen) atoms. The topological polar surface area (TPSA) is 45.1 Å². The van der Waals surface area contributed by atoms with Crippen LogP contribution in [0.25, 0.3) is 0 Å². The van der Waals surface area contributed by atoms with E-state index >= 15 is 0 Å². The van der Waals surface area contributed by atoms with E-state index in [1.165, 1.54) is 19.2 Å². The van der Waals surface area contributed by atoms with Crippen LogP contribution in [0.2, 0.25) is 5.02 Å². The van der Waals surface area contributed by atoms with Crippen molar-refractivity contribution < 1.29 is 18.3 Å². The van der Waals surface area contributed by atoms with Gasteiger partial charge in [0.15, 0.2) is 0 Å². The molecule has 118 valence electrons. The van der Waals surface area contributed by atoms with Crippen LogP contribution in [0.4, 0.5) is 19.0 Å². The van der Waals surface area contributed by atoms with Crippen LogP contribution in [0.15, 0.2) is 42.6 Å². The summed E-state index contributed by atoms with van der Waals surface area (Å²) in [5, 5.41) is 13.4. The highest BCUT2D eigenvalue weighted by atomic mass is 35.5. The molecule has 0 fully saturated rings. The molecular weight excluding hydrogens is 317 g/mol. The van der Waals surface area contributed by atoms with Gasteiger partial charge in [-0.05, 0) is 25.1 Å². The van der Waals surface area contributed by atoms with E-state index in [1.807, 2.05) is 0 Å². The Morgan fingerprint density at radius 1 is 1.14 bits per heavy atom. The Morgan fingerprint density at radius 2 is 1.77 bits per heavy atom. The van der Waals surface area contributed by atoms with Gasteiger partial charge in [-0.3, -0.25) is 0 Å². The number of nitrogens with zero attached hydrogens (tertiary/aromatic N) is 1. The predicted octanol–water partition coefficient (Wildman–Crippen LogP) is 4.07. The van der Waals surface area contributed by atoms with Gasteiger partial charge in [-0.15, -0.1) is 0 Å². The zero-order chi connectivity index (χ0) is 16.4. The number of halogens is 4. The first-order valence-corrected chi connectivity index (χ1v) is 6.83. The first-order valence-electron chi connectivity index (χ1n) is 6.45. The minimum atomic E-state index is -4.52. The van der Waals surface area contributed by atoms with Crippen LogP contribution in [-0.4, -0.2) is 16.6 Å². The SMILES string of the molecule is CC(O)(CNc1ncccc1C(F)(F)F)c1ccccc1Cl. The third-order valence-electron chi connectivity index (χ3n) is 3.17. The fourth-order valence-corrected chi connectivity index (χ4v) is 2.36. The van der Waals surface area contributed by atoms with Gasteiger partial charge < -0.3 is 10.4 Å². The lowest BCUT2D eigenvalue weighted by Gasteiger charge is -2.26. The highest BCUT2D eigenvalue weighted by Crippen LogP contribution is 2.34. The van der Waals surface area contributed by atoms with Crippen LogP contribution in [0, 0.1) is 0 Å². The van der Waals surface area contributed by atoms with Crippen molar-refractivity contribution in [3.05, 3.63) is 58.7 Å². The van der Waals surface area contributed by atoms with Gasteiger partial charge in [0.1, 0.15) is 11.4 Å². The van der Waals surface area contributed by atoms with E-state index in [2.05, 4.69) is 10.3 Å². The number of nitrogens with one attached hydrogen (secondary N) is 1. The summed E-state index contributed by atoms with van der Waals surface area (Å²) in [7, 11) is 0. The molecule has 0 radical (unpaired) electrons. The van der Waals surface area contributed by atoms with E-state index in [0.717, 1.165) is 6.07 Å². The minimum Gasteiger partial charge on any atom is -0.384 e. The number of aromatic nitrogens is 1. The van der Waals surface area contributed by atoms with Crippen LogP contribution in [0.5, 0.6) is 0 Å². The lowest BCUT2D eigenvalue weighted by atomic mass is 9.96. The second-order valence-electron chi connectivity index (χ2n) is 5.00.